The second kappa shape index (κ2) is 16.9. The predicted molar refractivity (Wildman–Crippen MR) is 27.1 cm³/mol. The Balaban J connectivity index is -0.0000000300. The van der Waals surface area contributed by atoms with E-state index < -0.39 is 11.9 Å². The monoisotopic (exact) mass is 279 g/mol. The maximum absolute atomic E-state index is 8.89. The Hall–Kier alpha value is 1.51. The molecule has 0 aromatic heterocycles. The summed E-state index contributed by atoms with van der Waals surface area (Å²) < 4.78 is 0. The van der Waals surface area contributed by atoms with Gasteiger partial charge in [-0.15, -0.1) is 0 Å². The van der Waals surface area contributed by atoms with E-state index >= 15 is 0 Å². The van der Waals surface area contributed by atoms with Crippen LogP contribution >= 0.6 is 0 Å². The van der Waals surface area contributed by atoms with Crippen molar-refractivity contribution in [2.24, 2.45) is 0 Å². The zero-order chi connectivity index (χ0) is 7.15. The topological polar surface area (TPSA) is 80.3 Å². The summed E-state index contributed by atoms with van der Waals surface area (Å²) in [6.07, 6.45) is 0. The van der Waals surface area contributed by atoms with Gasteiger partial charge in [0.2, 0.25) is 0 Å². The molecule has 0 aliphatic heterocycles. The van der Waals surface area contributed by atoms with Gasteiger partial charge in [0.05, 0.1) is 0 Å². The van der Waals surface area contributed by atoms with Gasteiger partial charge < -0.3 is 19.8 Å². The summed E-state index contributed by atoms with van der Waals surface area (Å²) in [5.41, 5.74) is 0. The fraction of sp³-hybridized carbons (Fsp3) is 0.500. The van der Waals surface area contributed by atoms with Gasteiger partial charge in [0.1, 0.15) is 0 Å². The van der Waals surface area contributed by atoms with E-state index in [1.165, 1.54) is 0 Å². The van der Waals surface area contributed by atoms with Crippen LogP contribution in [0.3, 0.4) is 0 Å². The molecule has 0 aromatic carbocycles. The van der Waals surface area contributed by atoms with Crippen molar-refractivity contribution in [2.75, 3.05) is 0 Å². The molecule has 0 aliphatic carbocycles. The molecule has 0 saturated heterocycles. The van der Waals surface area contributed by atoms with Crippen LogP contribution in [0.5, 0.6) is 0 Å². The van der Waals surface area contributed by atoms with Gasteiger partial charge in [0.25, 0.3) is 0 Å². The van der Waals surface area contributed by atoms with Crippen LogP contribution in [0.2, 0.25) is 0 Å². The molecule has 0 spiro atoms. The summed E-state index contributed by atoms with van der Waals surface area (Å²) >= 11 is 0. The Morgan fingerprint density at radius 3 is 1.00 bits per heavy atom. The SMILES string of the molecule is CC(=O)[O-].CC(=O)[O-].[Ba+2].[Na+]. The van der Waals surface area contributed by atoms with Crippen LogP contribution in [0.15, 0.2) is 0 Å². The fourth-order valence-electron chi connectivity index (χ4n) is 0. The molecular formula is C4H6BaNaO4+. The minimum absolute atomic E-state index is 0. The van der Waals surface area contributed by atoms with E-state index in [-0.39, 0.29) is 78.4 Å². The first-order valence-electron chi connectivity index (χ1n) is 1.82. The first kappa shape index (κ1) is 22.5. The molecule has 0 radical (unpaired) electrons. The van der Waals surface area contributed by atoms with Crippen LogP contribution in [-0.4, -0.2) is 60.8 Å². The first-order chi connectivity index (χ1) is 3.46. The largest absolute Gasteiger partial charge is 2.00 e. The molecule has 4 nitrogen and oxygen atoms in total. The number of carbonyl (C=O) groups excluding carboxylic acids is 2. The van der Waals surface area contributed by atoms with Crippen LogP contribution in [0.25, 0.3) is 0 Å². The number of aliphatic carboxylic acids is 2. The zero-order valence-electron chi connectivity index (χ0n) is 6.34. The molecule has 0 unspecified atom stereocenters. The zero-order valence-corrected chi connectivity index (χ0v) is 12.8. The van der Waals surface area contributed by atoms with Gasteiger partial charge in [-0.1, -0.05) is 0 Å². The van der Waals surface area contributed by atoms with Crippen molar-refractivity contribution in [1.82, 2.24) is 0 Å². The summed E-state index contributed by atoms with van der Waals surface area (Å²) in [5.74, 6) is -2.17. The fourth-order valence-corrected chi connectivity index (χ4v) is 0. The van der Waals surface area contributed by atoms with Crippen molar-refractivity contribution < 1.29 is 49.4 Å². The molecule has 0 fully saturated rings. The molecule has 6 heteroatoms. The number of hydrogen-bond acceptors (Lipinski definition) is 4. The minimum Gasteiger partial charge on any atom is -0.550 e. The second-order valence-electron chi connectivity index (χ2n) is 0.983. The van der Waals surface area contributed by atoms with Gasteiger partial charge in [0.15, 0.2) is 0 Å². The van der Waals surface area contributed by atoms with E-state index in [9.17, 15) is 0 Å². The molecule has 0 amide bonds. The van der Waals surface area contributed by atoms with Crippen molar-refractivity contribution in [3.63, 3.8) is 0 Å². The van der Waals surface area contributed by atoms with Crippen molar-refractivity contribution in [3.05, 3.63) is 0 Å². The van der Waals surface area contributed by atoms with Gasteiger partial charge in [-0.05, 0) is 13.8 Å². The van der Waals surface area contributed by atoms with Gasteiger partial charge in [-0.3, -0.25) is 0 Å². The number of rotatable bonds is 0. The van der Waals surface area contributed by atoms with Crippen molar-refractivity contribution in [1.29, 1.82) is 0 Å². The molecule has 48 valence electrons. The molecule has 0 N–H and O–H groups in total. The van der Waals surface area contributed by atoms with E-state index in [0.29, 0.717) is 0 Å². The third-order valence-electron chi connectivity index (χ3n) is 0. The maximum atomic E-state index is 8.89. The van der Waals surface area contributed by atoms with E-state index in [0.717, 1.165) is 13.8 Å². The van der Waals surface area contributed by atoms with Crippen LogP contribution in [-0.2, 0) is 9.59 Å². The Labute approximate surface area is 122 Å². The average Bonchev–Trinajstić information content (AvgIpc) is 1.25. The minimum atomic E-state index is -1.08. The molecule has 0 bridgehead atoms. The van der Waals surface area contributed by atoms with Gasteiger partial charge in [0, 0.05) is 11.9 Å². The summed E-state index contributed by atoms with van der Waals surface area (Å²) in [5, 5.41) is 17.8. The van der Waals surface area contributed by atoms with E-state index in [4.69, 9.17) is 19.8 Å². The van der Waals surface area contributed by atoms with Crippen LogP contribution in [0.1, 0.15) is 13.8 Å². The van der Waals surface area contributed by atoms with Gasteiger partial charge >= 0.3 is 78.4 Å². The first-order valence-corrected chi connectivity index (χ1v) is 1.82. The quantitative estimate of drug-likeness (QED) is 0.413. The van der Waals surface area contributed by atoms with Crippen LogP contribution in [0, 0.1) is 0 Å². The Kier molecular flexibility index (Phi) is 38.0. The average molecular weight is 278 g/mol. The summed E-state index contributed by atoms with van der Waals surface area (Å²) in [7, 11) is 0. The summed E-state index contributed by atoms with van der Waals surface area (Å²) in [6.45, 7) is 1.94. The normalized spacial score (nSPS) is 5.00. The summed E-state index contributed by atoms with van der Waals surface area (Å²) in [4.78, 5) is 17.8. The van der Waals surface area contributed by atoms with Crippen LogP contribution in [0.4, 0.5) is 0 Å². The van der Waals surface area contributed by atoms with Crippen LogP contribution < -0.4 is 39.8 Å². The van der Waals surface area contributed by atoms with E-state index in [1.807, 2.05) is 0 Å². The van der Waals surface area contributed by atoms with E-state index in [1.54, 1.807) is 0 Å². The molecule has 0 atom stereocenters. The van der Waals surface area contributed by atoms with E-state index in [2.05, 4.69) is 0 Å². The van der Waals surface area contributed by atoms with Gasteiger partial charge in [-0.2, -0.15) is 0 Å². The molecule has 0 rings (SSSR count). The van der Waals surface area contributed by atoms with Crippen molar-refractivity contribution in [2.45, 2.75) is 13.8 Å². The Bertz CT molecular complexity index is 75.3. The number of carboxylic acids is 2. The van der Waals surface area contributed by atoms with Crippen molar-refractivity contribution >= 4 is 60.8 Å². The molecular weight excluding hydrogens is 272 g/mol. The van der Waals surface area contributed by atoms with Crippen molar-refractivity contribution in [3.8, 4) is 0 Å². The number of carboxylic acid groups (broad SMARTS) is 2. The predicted octanol–water partition coefficient (Wildman–Crippen LogP) is -5.86. The smallest absolute Gasteiger partial charge is 0.550 e. The maximum Gasteiger partial charge on any atom is 2.00 e. The number of hydrogen-bond donors (Lipinski definition) is 0. The summed E-state index contributed by atoms with van der Waals surface area (Å²) in [6, 6.07) is 0. The molecule has 0 saturated carbocycles. The molecule has 10 heavy (non-hydrogen) atoms. The third-order valence-corrected chi connectivity index (χ3v) is 0. The molecule has 0 heterocycles. The second-order valence-corrected chi connectivity index (χ2v) is 0.983. The molecule has 0 aliphatic rings. The third kappa shape index (κ3) is 302. The number of carbonyl (C=O) groups is 2. The molecule has 0 aromatic rings. The Morgan fingerprint density at radius 1 is 1.00 bits per heavy atom. The van der Waals surface area contributed by atoms with Gasteiger partial charge in [-0.25, -0.2) is 0 Å². The standard InChI is InChI=1S/2C2H4O2.Ba.Na/c2*1-2(3)4;;/h2*1H3,(H,3,4);;/q;;+2;+1/p-2. The Morgan fingerprint density at radius 2 is 1.00 bits per heavy atom.